The average molecular weight is 647 g/mol. The van der Waals surface area contributed by atoms with Gasteiger partial charge in [-0.2, -0.15) is 0 Å². The van der Waals surface area contributed by atoms with Crippen molar-refractivity contribution in [3.8, 4) is 51.0 Å². The molecule has 0 atom stereocenters. The van der Waals surface area contributed by atoms with E-state index in [0.717, 1.165) is 46.2 Å². The molecular formula is C40H38O8. The van der Waals surface area contributed by atoms with Gasteiger partial charge in [-0.3, -0.25) is 14.4 Å². The first kappa shape index (κ1) is 31.5. The van der Waals surface area contributed by atoms with Crippen LogP contribution in [-0.4, -0.2) is 46.0 Å². The van der Waals surface area contributed by atoms with E-state index in [4.69, 9.17) is 23.7 Å². The fraction of sp³-hybridized carbons (Fsp3) is 0.325. The van der Waals surface area contributed by atoms with E-state index < -0.39 is 11.4 Å². The SMILES string of the molecule is COc1cc(-c2cccc3c2CCC3=O)cc(C2(C(=O)Oc3c(-c4cccc5c4CCC5=O)ccc(OC)c3OC)CCCC2)c1OC. The van der Waals surface area contributed by atoms with Crippen LogP contribution in [-0.2, 0) is 23.1 Å². The first-order valence-electron chi connectivity index (χ1n) is 16.4. The summed E-state index contributed by atoms with van der Waals surface area (Å²) in [6, 6.07) is 19.0. The minimum absolute atomic E-state index is 0.102. The van der Waals surface area contributed by atoms with Gasteiger partial charge in [-0.15, -0.1) is 0 Å². The number of ether oxygens (including phenoxy) is 5. The number of esters is 1. The van der Waals surface area contributed by atoms with Gasteiger partial charge in [0.05, 0.1) is 33.9 Å². The summed E-state index contributed by atoms with van der Waals surface area (Å²) >= 11 is 0. The number of methoxy groups -OCH3 is 4. The molecule has 0 saturated heterocycles. The van der Waals surface area contributed by atoms with Gasteiger partial charge < -0.3 is 23.7 Å². The number of hydrogen-bond donors (Lipinski definition) is 0. The molecule has 1 fully saturated rings. The molecule has 3 aliphatic carbocycles. The number of fused-ring (bicyclic) bond motifs is 2. The Morgan fingerprint density at radius 1 is 0.583 bits per heavy atom. The van der Waals surface area contributed by atoms with Crippen LogP contribution in [0.3, 0.4) is 0 Å². The Balaban J connectivity index is 1.39. The lowest BCUT2D eigenvalue weighted by Crippen LogP contribution is -2.37. The predicted octanol–water partition coefficient (Wildman–Crippen LogP) is 7.73. The van der Waals surface area contributed by atoms with Crippen LogP contribution in [0.15, 0.2) is 60.7 Å². The quantitative estimate of drug-likeness (QED) is 0.135. The third-order valence-electron chi connectivity index (χ3n) is 10.3. The van der Waals surface area contributed by atoms with Gasteiger partial charge in [-0.25, -0.2) is 0 Å². The summed E-state index contributed by atoms with van der Waals surface area (Å²) in [5.74, 6) is 1.72. The van der Waals surface area contributed by atoms with Gasteiger partial charge >= 0.3 is 5.97 Å². The molecular weight excluding hydrogens is 608 g/mol. The molecule has 4 aromatic rings. The molecule has 0 amide bonds. The first-order valence-corrected chi connectivity index (χ1v) is 16.4. The molecule has 0 N–H and O–H groups in total. The first-order chi connectivity index (χ1) is 23.3. The minimum Gasteiger partial charge on any atom is -0.493 e. The van der Waals surface area contributed by atoms with Gasteiger partial charge in [0.2, 0.25) is 5.75 Å². The van der Waals surface area contributed by atoms with Crippen LogP contribution in [0.1, 0.15) is 75.9 Å². The van der Waals surface area contributed by atoms with Gasteiger partial charge in [-0.1, -0.05) is 49.2 Å². The number of hydrogen-bond acceptors (Lipinski definition) is 8. The second kappa shape index (κ2) is 12.5. The molecule has 48 heavy (non-hydrogen) atoms. The molecule has 0 aliphatic heterocycles. The van der Waals surface area contributed by atoms with Crippen molar-refractivity contribution in [3.63, 3.8) is 0 Å². The van der Waals surface area contributed by atoms with E-state index in [9.17, 15) is 14.4 Å². The number of carbonyl (C=O) groups excluding carboxylic acids is 3. The number of benzene rings is 4. The van der Waals surface area contributed by atoms with Crippen LogP contribution in [0.2, 0.25) is 0 Å². The molecule has 7 rings (SSSR count). The lowest BCUT2D eigenvalue weighted by molar-refractivity contribution is -0.141. The largest absolute Gasteiger partial charge is 0.493 e. The lowest BCUT2D eigenvalue weighted by atomic mass is 9.77. The van der Waals surface area contributed by atoms with Crippen LogP contribution in [0.25, 0.3) is 22.3 Å². The summed E-state index contributed by atoms with van der Waals surface area (Å²) in [6.07, 6.45) is 4.89. The van der Waals surface area contributed by atoms with Crippen LogP contribution in [0, 0.1) is 0 Å². The van der Waals surface area contributed by atoms with Crippen LogP contribution < -0.4 is 23.7 Å². The summed E-state index contributed by atoms with van der Waals surface area (Å²) in [7, 11) is 6.22. The molecule has 0 bridgehead atoms. The molecule has 246 valence electrons. The van der Waals surface area contributed by atoms with Crippen LogP contribution in [0.5, 0.6) is 28.7 Å². The third-order valence-corrected chi connectivity index (χ3v) is 10.3. The maximum atomic E-state index is 14.9. The second-order valence-electron chi connectivity index (χ2n) is 12.6. The fourth-order valence-corrected chi connectivity index (χ4v) is 7.94. The van der Waals surface area contributed by atoms with E-state index in [1.165, 1.54) is 14.2 Å². The summed E-state index contributed by atoms with van der Waals surface area (Å²) in [6.45, 7) is 0. The highest BCUT2D eigenvalue weighted by atomic mass is 16.6. The zero-order valence-electron chi connectivity index (χ0n) is 27.7. The van der Waals surface area contributed by atoms with E-state index in [0.29, 0.717) is 78.2 Å². The Labute approximate surface area is 279 Å². The smallest absolute Gasteiger partial charge is 0.322 e. The Morgan fingerprint density at radius 3 is 1.77 bits per heavy atom. The van der Waals surface area contributed by atoms with Gasteiger partial charge in [0.15, 0.2) is 34.6 Å². The normalized spacial score (nSPS) is 16.0. The van der Waals surface area contributed by atoms with Crippen LogP contribution >= 0.6 is 0 Å². The van der Waals surface area contributed by atoms with E-state index in [-0.39, 0.29) is 17.3 Å². The van der Waals surface area contributed by atoms with E-state index >= 15 is 0 Å². The number of Topliss-reactive ketones (excluding diaryl/α,β-unsaturated/α-hetero) is 2. The van der Waals surface area contributed by atoms with Gasteiger partial charge in [0.1, 0.15) is 0 Å². The van der Waals surface area contributed by atoms with Crippen molar-refractivity contribution >= 4 is 17.5 Å². The maximum absolute atomic E-state index is 14.9. The Hall–Kier alpha value is -5.11. The highest BCUT2D eigenvalue weighted by Crippen LogP contribution is 2.53. The van der Waals surface area contributed by atoms with Gasteiger partial charge in [0, 0.05) is 35.1 Å². The summed E-state index contributed by atoms with van der Waals surface area (Å²) < 4.78 is 29.9. The van der Waals surface area contributed by atoms with E-state index in [2.05, 4.69) is 0 Å². The van der Waals surface area contributed by atoms with Gasteiger partial charge in [0.25, 0.3) is 0 Å². The number of ketones is 2. The summed E-state index contributed by atoms with van der Waals surface area (Å²) in [5.41, 5.74) is 6.21. The molecule has 4 aromatic carbocycles. The fourth-order valence-electron chi connectivity index (χ4n) is 7.94. The standard InChI is InChI=1S/C40H38O8/c1-44-34-18-15-30(25-10-8-12-29-27(25)14-17-33(29)42)36(38(34)47-4)48-39(43)40(19-5-6-20-40)31-21-23(22-35(45-2)37(31)46-3)24-9-7-11-28-26(24)13-16-32(28)41/h7-12,15,18,21-22H,5-6,13-14,16-17,19-20H2,1-4H3. The predicted molar refractivity (Wildman–Crippen MR) is 181 cm³/mol. The maximum Gasteiger partial charge on any atom is 0.322 e. The Bertz CT molecular complexity index is 1970. The van der Waals surface area contributed by atoms with Crippen molar-refractivity contribution in [3.05, 3.63) is 88.5 Å². The van der Waals surface area contributed by atoms with Crippen molar-refractivity contribution in [1.82, 2.24) is 0 Å². The summed E-state index contributed by atoms with van der Waals surface area (Å²) in [5, 5.41) is 0. The molecule has 3 aliphatic rings. The zero-order valence-corrected chi connectivity index (χ0v) is 27.7. The Morgan fingerprint density at radius 2 is 1.17 bits per heavy atom. The van der Waals surface area contributed by atoms with Crippen molar-refractivity contribution in [2.45, 2.75) is 56.8 Å². The number of carbonyl (C=O) groups is 3. The molecule has 0 heterocycles. The molecule has 0 aromatic heterocycles. The minimum atomic E-state index is -1.07. The van der Waals surface area contributed by atoms with Crippen molar-refractivity contribution in [2.75, 3.05) is 28.4 Å². The molecule has 1 saturated carbocycles. The van der Waals surface area contributed by atoms with Crippen molar-refractivity contribution in [2.24, 2.45) is 0 Å². The highest BCUT2D eigenvalue weighted by molar-refractivity contribution is 6.04. The molecule has 8 nitrogen and oxygen atoms in total. The average Bonchev–Trinajstić information content (AvgIpc) is 3.87. The van der Waals surface area contributed by atoms with Gasteiger partial charge in [-0.05, 0) is 77.8 Å². The van der Waals surface area contributed by atoms with Crippen molar-refractivity contribution < 1.29 is 38.1 Å². The van der Waals surface area contributed by atoms with E-state index in [1.807, 2.05) is 54.6 Å². The molecule has 0 spiro atoms. The summed E-state index contributed by atoms with van der Waals surface area (Å²) in [4.78, 5) is 40.2. The second-order valence-corrected chi connectivity index (χ2v) is 12.6. The monoisotopic (exact) mass is 646 g/mol. The molecule has 8 heteroatoms. The molecule has 0 radical (unpaired) electrons. The van der Waals surface area contributed by atoms with Crippen LogP contribution in [0.4, 0.5) is 0 Å². The van der Waals surface area contributed by atoms with E-state index in [1.54, 1.807) is 20.3 Å². The highest BCUT2D eigenvalue weighted by Gasteiger charge is 2.48. The zero-order chi connectivity index (χ0) is 33.6. The molecule has 0 unspecified atom stereocenters. The third kappa shape index (κ3) is 4.93. The Kier molecular flexibility index (Phi) is 8.19. The topological polar surface area (TPSA) is 97.4 Å². The van der Waals surface area contributed by atoms with Crippen molar-refractivity contribution in [1.29, 1.82) is 0 Å². The lowest BCUT2D eigenvalue weighted by Gasteiger charge is -2.31. The number of rotatable bonds is 9.